The predicted molar refractivity (Wildman–Crippen MR) is 101 cm³/mol. The van der Waals surface area contributed by atoms with Gasteiger partial charge in [0.1, 0.15) is 0 Å². The summed E-state index contributed by atoms with van der Waals surface area (Å²) in [5.41, 5.74) is 7.85. The molecule has 0 saturated heterocycles. The van der Waals surface area contributed by atoms with E-state index in [9.17, 15) is 9.59 Å². The van der Waals surface area contributed by atoms with E-state index in [0.717, 1.165) is 11.3 Å². The van der Waals surface area contributed by atoms with Crippen molar-refractivity contribution in [2.75, 3.05) is 6.54 Å². The molecule has 0 fully saturated rings. The molecular formula is C21H21N3O2. The van der Waals surface area contributed by atoms with E-state index < -0.39 is 5.91 Å². The molecule has 0 aliphatic rings. The SMILES string of the molecule is NC(=O)CCN(Cc1ccccc1)C(=O)c1ccc(-n2cccc2)cc1. The van der Waals surface area contributed by atoms with Crippen molar-refractivity contribution >= 4 is 11.8 Å². The summed E-state index contributed by atoms with van der Waals surface area (Å²) in [7, 11) is 0. The molecule has 5 heteroatoms. The number of nitrogens with zero attached hydrogens (tertiary/aromatic N) is 2. The van der Waals surface area contributed by atoms with Crippen LogP contribution in [-0.2, 0) is 11.3 Å². The van der Waals surface area contributed by atoms with Crippen molar-refractivity contribution in [1.29, 1.82) is 0 Å². The smallest absolute Gasteiger partial charge is 0.254 e. The second kappa shape index (κ2) is 8.16. The molecule has 0 unspecified atom stereocenters. The first-order chi connectivity index (χ1) is 12.6. The van der Waals surface area contributed by atoms with Crippen LogP contribution in [-0.4, -0.2) is 27.8 Å². The van der Waals surface area contributed by atoms with Crippen LogP contribution in [0, 0.1) is 0 Å². The van der Waals surface area contributed by atoms with Gasteiger partial charge in [-0.1, -0.05) is 30.3 Å². The fourth-order valence-corrected chi connectivity index (χ4v) is 2.77. The molecule has 0 atom stereocenters. The van der Waals surface area contributed by atoms with Gasteiger partial charge in [-0.05, 0) is 42.0 Å². The lowest BCUT2D eigenvalue weighted by Crippen LogP contribution is -2.33. The minimum atomic E-state index is -0.418. The molecule has 0 spiro atoms. The summed E-state index contributed by atoms with van der Waals surface area (Å²) in [6.45, 7) is 0.731. The monoisotopic (exact) mass is 347 g/mol. The third-order valence-corrected chi connectivity index (χ3v) is 4.15. The van der Waals surface area contributed by atoms with Crippen molar-refractivity contribution in [3.05, 3.63) is 90.3 Å². The van der Waals surface area contributed by atoms with Crippen LogP contribution >= 0.6 is 0 Å². The number of carbonyl (C=O) groups is 2. The van der Waals surface area contributed by atoms with Crippen LogP contribution in [0.1, 0.15) is 22.3 Å². The van der Waals surface area contributed by atoms with Gasteiger partial charge in [0.25, 0.3) is 5.91 Å². The number of carbonyl (C=O) groups excluding carboxylic acids is 2. The molecule has 3 rings (SSSR count). The maximum Gasteiger partial charge on any atom is 0.254 e. The zero-order valence-electron chi connectivity index (χ0n) is 14.4. The van der Waals surface area contributed by atoms with Crippen molar-refractivity contribution < 1.29 is 9.59 Å². The van der Waals surface area contributed by atoms with E-state index in [0.29, 0.717) is 18.7 Å². The molecule has 26 heavy (non-hydrogen) atoms. The number of rotatable bonds is 7. The largest absolute Gasteiger partial charge is 0.370 e. The molecule has 0 bridgehead atoms. The first-order valence-corrected chi connectivity index (χ1v) is 8.48. The predicted octanol–water partition coefficient (Wildman–Crippen LogP) is 3.00. The highest BCUT2D eigenvalue weighted by atomic mass is 16.2. The van der Waals surface area contributed by atoms with Gasteiger partial charge in [0.15, 0.2) is 0 Å². The Labute approximate surface area is 152 Å². The van der Waals surface area contributed by atoms with E-state index in [2.05, 4.69) is 0 Å². The maximum atomic E-state index is 12.9. The number of amides is 2. The molecule has 0 saturated carbocycles. The van der Waals surface area contributed by atoms with Gasteiger partial charge in [0.05, 0.1) is 0 Å². The lowest BCUT2D eigenvalue weighted by Gasteiger charge is -2.22. The van der Waals surface area contributed by atoms with E-state index in [1.807, 2.05) is 71.6 Å². The number of hydrogen-bond donors (Lipinski definition) is 1. The summed E-state index contributed by atoms with van der Waals surface area (Å²) in [5, 5.41) is 0. The van der Waals surface area contributed by atoms with Crippen molar-refractivity contribution in [2.45, 2.75) is 13.0 Å². The number of primary amides is 1. The Hall–Kier alpha value is -3.34. The third-order valence-electron chi connectivity index (χ3n) is 4.15. The van der Waals surface area contributed by atoms with Crippen LogP contribution in [0.3, 0.4) is 0 Å². The molecule has 3 aromatic rings. The zero-order chi connectivity index (χ0) is 18.4. The Bertz CT molecular complexity index is 856. The van der Waals surface area contributed by atoms with Gasteiger partial charge >= 0.3 is 0 Å². The standard InChI is InChI=1S/C21H21N3O2/c22-20(25)12-15-24(16-17-6-2-1-3-7-17)21(26)18-8-10-19(11-9-18)23-13-4-5-14-23/h1-11,13-14H,12,15-16H2,(H2,22,25). The lowest BCUT2D eigenvalue weighted by atomic mass is 10.1. The van der Waals surface area contributed by atoms with Gasteiger partial charge in [-0.25, -0.2) is 0 Å². The zero-order valence-corrected chi connectivity index (χ0v) is 14.4. The van der Waals surface area contributed by atoms with Crippen molar-refractivity contribution in [3.63, 3.8) is 0 Å². The molecule has 1 aromatic heterocycles. The second-order valence-corrected chi connectivity index (χ2v) is 6.07. The summed E-state index contributed by atoms with van der Waals surface area (Å²) in [4.78, 5) is 25.8. The minimum Gasteiger partial charge on any atom is -0.370 e. The molecule has 0 aliphatic heterocycles. The van der Waals surface area contributed by atoms with Crippen LogP contribution < -0.4 is 5.73 Å². The van der Waals surface area contributed by atoms with Gasteiger partial charge in [-0.2, -0.15) is 0 Å². The molecule has 2 aromatic carbocycles. The molecule has 5 nitrogen and oxygen atoms in total. The number of hydrogen-bond acceptors (Lipinski definition) is 2. The molecule has 2 amide bonds. The number of benzene rings is 2. The summed E-state index contributed by atoms with van der Waals surface area (Å²) < 4.78 is 1.98. The highest BCUT2D eigenvalue weighted by molar-refractivity contribution is 5.94. The average molecular weight is 347 g/mol. The normalized spacial score (nSPS) is 10.5. The Kier molecular flexibility index (Phi) is 5.49. The Balaban J connectivity index is 1.78. The van der Waals surface area contributed by atoms with Gasteiger partial charge in [0, 0.05) is 43.2 Å². The van der Waals surface area contributed by atoms with Crippen LogP contribution in [0.2, 0.25) is 0 Å². The fourth-order valence-electron chi connectivity index (χ4n) is 2.77. The maximum absolute atomic E-state index is 12.9. The molecule has 1 heterocycles. The summed E-state index contributed by atoms with van der Waals surface area (Å²) in [6.07, 6.45) is 4.04. The first kappa shape index (κ1) is 17.5. The topological polar surface area (TPSA) is 68.3 Å². The third kappa shape index (κ3) is 4.39. The molecular weight excluding hydrogens is 326 g/mol. The van der Waals surface area contributed by atoms with Crippen LogP contribution in [0.4, 0.5) is 0 Å². The average Bonchev–Trinajstić information content (AvgIpc) is 3.20. The van der Waals surface area contributed by atoms with E-state index in [1.165, 1.54) is 0 Å². The first-order valence-electron chi connectivity index (χ1n) is 8.48. The molecule has 2 N–H and O–H groups in total. The Morgan fingerprint density at radius 2 is 1.54 bits per heavy atom. The molecule has 132 valence electrons. The van der Waals surface area contributed by atoms with Crippen molar-refractivity contribution in [2.24, 2.45) is 5.73 Å². The van der Waals surface area contributed by atoms with Crippen molar-refractivity contribution in [3.8, 4) is 5.69 Å². The highest BCUT2D eigenvalue weighted by Gasteiger charge is 2.17. The quantitative estimate of drug-likeness (QED) is 0.714. The van der Waals surface area contributed by atoms with E-state index in [-0.39, 0.29) is 12.3 Å². The minimum absolute atomic E-state index is 0.117. The second-order valence-electron chi connectivity index (χ2n) is 6.07. The van der Waals surface area contributed by atoms with E-state index in [4.69, 9.17) is 5.73 Å². The lowest BCUT2D eigenvalue weighted by molar-refractivity contribution is -0.118. The summed E-state index contributed by atoms with van der Waals surface area (Å²) in [6, 6.07) is 21.0. The van der Waals surface area contributed by atoms with E-state index >= 15 is 0 Å². The molecule has 0 radical (unpaired) electrons. The highest BCUT2D eigenvalue weighted by Crippen LogP contribution is 2.14. The number of aromatic nitrogens is 1. The van der Waals surface area contributed by atoms with Crippen LogP contribution in [0.25, 0.3) is 5.69 Å². The summed E-state index contributed by atoms with van der Waals surface area (Å²) >= 11 is 0. The van der Waals surface area contributed by atoms with Crippen LogP contribution in [0.15, 0.2) is 79.1 Å². The van der Waals surface area contributed by atoms with E-state index in [1.54, 1.807) is 17.0 Å². The summed E-state index contributed by atoms with van der Waals surface area (Å²) in [5.74, 6) is -0.534. The van der Waals surface area contributed by atoms with Crippen LogP contribution in [0.5, 0.6) is 0 Å². The van der Waals surface area contributed by atoms with Gasteiger partial charge in [0.2, 0.25) is 5.91 Å². The van der Waals surface area contributed by atoms with Gasteiger partial charge in [-0.3, -0.25) is 9.59 Å². The fraction of sp³-hybridized carbons (Fsp3) is 0.143. The Morgan fingerprint density at radius 1 is 0.885 bits per heavy atom. The van der Waals surface area contributed by atoms with Gasteiger partial charge < -0.3 is 15.2 Å². The number of nitrogens with two attached hydrogens (primary N) is 1. The molecule has 0 aliphatic carbocycles. The van der Waals surface area contributed by atoms with Gasteiger partial charge in [-0.15, -0.1) is 0 Å². The Morgan fingerprint density at radius 3 is 2.15 bits per heavy atom. The van der Waals surface area contributed by atoms with Crippen molar-refractivity contribution in [1.82, 2.24) is 9.47 Å².